The van der Waals surface area contributed by atoms with E-state index in [9.17, 15) is 4.39 Å². The Balaban J connectivity index is 2.22. The molecule has 116 valence electrons. The summed E-state index contributed by atoms with van der Waals surface area (Å²) in [5.41, 5.74) is 2.50. The minimum absolute atomic E-state index is 0.252. The molecular weight excluding hydrogens is 322 g/mol. The van der Waals surface area contributed by atoms with E-state index < -0.39 is 0 Å². The number of benzene rings is 2. The summed E-state index contributed by atoms with van der Waals surface area (Å²) < 4.78 is 12.9. The quantitative estimate of drug-likeness (QED) is 0.531. The number of halogens is 3. The molecule has 0 aromatic heterocycles. The van der Waals surface area contributed by atoms with Crippen LogP contribution in [0.3, 0.4) is 0 Å². The van der Waals surface area contributed by atoms with Crippen LogP contribution in [0.1, 0.15) is 18.1 Å². The summed E-state index contributed by atoms with van der Waals surface area (Å²) in [6, 6.07) is 9.91. The smallest absolute Gasteiger partial charge is 0.123 e. The molecule has 0 aliphatic rings. The topological polar surface area (TPSA) is 15.6 Å². The zero-order chi connectivity index (χ0) is 16.1. The Morgan fingerprint density at radius 2 is 1.82 bits per heavy atom. The first-order valence-corrected chi connectivity index (χ1v) is 7.72. The van der Waals surface area contributed by atoms with E-state index in [0.29, 0.717) is 22.2 Å². The molecule has 0 radical (unpaired) electrons. The molecule has 2 rings (SSSR count). The molecule has 2 nitrogen and oxygen atoms in total. The molecule has 2 aromatic carbocycles. The maximum Gasteiger partial charge on any atom is 0.123 e. The summed E-state index contributed by atoms with van der Waals surface area (Å²) in [5, 5.41) is 1.14. The molecule has 2 aromatic rings. The Labute approximate surface area is 140 Å². The molecule has 5 heteroatoms. The second-order valence-corrected chi connectivity index (χ2v) is 5.83. The number of aliphatic imine (C=N–C) groups is 1. The lowest BCUT2D eigenvalue weighted by atomic mass is 10.0. The zero-order valence-corrected chi connectivity index (χ0v) is 14.0. The van der Waals surface area contributed by atoms with Crippen molar-refractivity contribution in [1.29, 1.82) is 0 Å². The Bertz CT molecular complexity index is 669. The monoisotopic (exact) mass is 338 g/mol. The van der Waals surface area contributed by atoms with Crippen LogP contribution < -0.4 is 0 Å². The second kappa shape index (κ2) is 7.61. The van der Waals surface area contributed by atoms with Crippen LogP contribution in [0.5, 0.6) is 0 Å². The van der Waals surface area contributed by atoms with Gasteiger partial charge in [0.1, 0.15) is 5.82 Å². The van der Waals surface area contributed by atoms with Crippen LogP contribution in [0.2, 0.25) is 10.0 Å². The lowest BCUT2D eigenvalue weighted by molar-refractivity contribution is 0.552. The molecule has 0 spiro atoms. The van der Waals surface area contributed by atoms with Gasteiger partial charge in [-0.25, -0.2) is 9.38 Å². The van der Waals surface area contributed by atoms with E-state index in [-0.39, 0.29) is 5.82 Å². The third kappa shape index (κ3) is 4.46. The molecule has 0 fully saturated rings. The Kier molecular flexibility index (Phi) is 5.81. The van der Waals surface area contributed by atoms with E-state index in [0.717, 1.165) is 17.7 Å². The van der Waals surface area contributed by atoms with Crippen molar-refractivity contribution in [1.82, 2.24) is 4.90 Å². The average Bonchev–Trinajstić information content (AvgIpc) is 2.51. The van der Waals surface area contributed by atoms with Crippen LogP contribution in [0, 0.1) is 5.82 Å². The van der Waals surface area contributed by atoms with Gasteiger partial charge in [-0.05, 0) is 48.7 Å². The predicted molar refractivity (Wildman–Crippen MR) is 92.1 cm³/mol. The van der Waals surface area contributed by atoms with Crippen LogP contribution in [-0.4, -0.2) is 24.8 Å². The van der Waals surface area contributed by atoms with E-state index in [1.165, 1.54) is 12.1 Å². The highest BCUT2D eigenvalue weighted by Gasteiger charge is 2.08. The molecule has 0 aliphatic carbocycles. The predicted octanol–water partition coefficient (Wildman–Crippen LogP) is 5.33. The summed E-state index contributed by atoms with van der Waals surface area (Å²) in [6.45, 7) is 2.89. The molecule has 0 amide bonds. The van der Waals surface area contributed by atoms with Gasteiger partial charge in [-0.3, -0.25) is 0 Å². The molecule has 0 aliphatic heterocycles. The molecule has 0 atom stereocenters. The van der Waals surface area contributed by atoms with Gasteiger partial charge in [-0.2, -0.15) is 0 Å². The summed E-state index contributed by atoms with van der Waals surface area (Å²) in [7, 11) is 1.93. The highest BCUT2D eigenvalue weighted by Crippen LogP contribution is 2.32. The fraction of sp³-hybridized carbons (Fsp3) is 0.235. The van der Waals surface area contributed by atoms with Crippen LogP contribution in [0.4, 0.5) is 10.1 Å². The third-order valence-corrected chi connectivity index (χ3v) is 3.97. The Morgan fingerprint density at radius 3 is 2.45 bits per heavy atom. The SMILES string of the molecule is CCN(C)/C=N\c1cc(Cl)c(Cc2ccc(F)cc2)cc1Cl. The Hall–Kier alpha value is -1.58. The largest absolute Gasteiger partial charge is 0.366 e. The molecule has 0 unspecified atom stereocenters. The first-order valence-electron chi connectivity index (χ1n) is 6.96. The summed E-state index contributed by atoms with van der Waals surface area (Å²) >= 11 is 12.6. The number of rotatable bonds is 5. The van der Waals surface area contributed by atoms with Crippen molar-refractivity contribution < 1.29 is 4.39 Å². The molecule has 0 saturated heterocycles. The lowest BCUT2D eigenvalue weighted by Crippen LogP contribution is -2.14. The van der Waals surface area contributed by atoms with Gasteiger partial charge >= 0.3 is 0 Å². The van der Waals surface area contributed by atoms with Crippen molar-refractivity contribution >= 4 is 35.2 Å². The van der Waals surface area contributed by atoms with Crippen molar-refractivity contribution in [2.24, 2.45) is 4.99 Å². The van der Waals surface area contributed by atoms with E-state index in [1.807, 2.05) is 24.9 Å². The molecule has 0 bridgehead atoms. The van der Waals surface area contributed by atoms with Crippen molar-refractivity contribution in [3.63, 3.8) is 0 Å². The number of hydrogen-bond donors (Lipinski definition) is 0. The number of nitrogens with zero attached hydrogens (tertiary/aromatic N) is 2. The van der Waals surface area contributed by atoms with E-state index in [4.69, 9.17) is 23.2 Å². The van der Waals surface area contributed by atoms with Gasteiger partial charge < -0.3 is 4.90 Å². The van der Waals surface area contributed by atoms with Gasteiger partial charge in [0, 0.05) is 18.6 Å². The van der Waals surface area contributed by atoms with Crippen LogP contribution in [0.15, 0.2) is 41.4 Å². The summed E-state index contributed by atoms with van der Waals surface area (Å²) in [4.78, 5) is 6.27. The highest BCUT2D eigenvalue weighted by atomic mass is 35.5. The maximum atomic E-state index is 12.9. The normalized spacial score (nSPS) is 11.1. The minimum Gasteiger partial charge on any atom is -0.366 e. The standard InChI is InChI=1S/C17H17Cl2FN2/c1-3-22(2)11-21-17-10-15(18)13(9-16(17)19)8-12-4-6-14(20)7-5-12/h4-7,9-11H,3,8H2,1-2H3/b21-11-. The lowest BCUT2D eigenvalue weighted by Gasteiger charge is -2.10. The van der Waals surface area contributed by atoms with Gasteiger partial charge in [0.2, 0.25) is 0 Å². The Morgan fingerprint density at radius 1 is 1.14 bits per heavy atom. The molecule has 0 heterocycles. The summed E-state index contributed by atoms with van der Waals surface area (Å²) in [5.74, 6) is -0.252. The van der Waals surface area contributed by atoms with Gasteiger partial charge in [-0.15, -0.1) is 0 Å². The van der Waals surface area contributed by atoms with Crippen molar-refractivity contribution in [2.75, 3.05) is 13.6 Å². The van der Waals surface area contributed by atoms with Crippen LogP contribution >= 0.6 is 23.2 Å². The van der Waals surface area contributed by atoms with E-state index >= 15 is 0 Å². The van der Waals surface area contributed by atoms with Crippen molar-refractivity contribution in [3.05, 3.63) is 63.4 Å². The van der Waals surface area contributed by atoms with E-state index in [1.54, 1.807) is 24.5 Å². The van der Waals surface area contributed by atoms with Crippen LogP contribution in [0.25, 0.3) is 0 Å². The molecule has 0 saturated carbocycles. The zero-order valence-electron chi connectivity index (χ0n) is 12.5. The van der Waals surface area contributed by atoms with Gasteiger partial charge in [0.25, 0.3) is 0 Å². The molecule has 22 heavy (non-hydrogen) atoms. The minimum atomic E-state index is -0.252. The number of hydrogen-bond acceptors (Lipinski definition) is 1. The van der Waals surface area contributed by atoms with Gasteiger partial charge in [0.05, 0.1) is 17.0 Å². The van der Waals surface area contributed by atoms with Gasteiger partial charge in [-0.1, -0.05) is 35.3 Å². The van der Waals surface area contributed by atoms with E-state index in [2.05, 4.69) is 4.99 Å². The fourth-order valence-electron chi connectivity index (χ4n) is 1.88. The average molecular weight is 339 g/mol. The van der Waals surface area contributed by atoms with Crippen molar-refractivity contribution in [3.8, 4) is 0 Å². The first kappa shape index (κ1) is 16.8. The molecular formula is C17H17Cl2FN2. The maximum absolute atomic E-state index is 12.9. The summed E-state index contributed by atoms with van der Waals surface area (Å²) in [6.07, 6.45) is 2.31. The highest BCUT2D eigenvalue weighted by molar-refractivity contribution is 6.35. The molecule has 0 N–H and O–H groups in total. The third-order valence-electron chi connectivity index (χ3n) is 3.32. The van der Waals surface area contributed by atoms with Crippen molar-refractivity contribution in [2.45, 2.75) is 13.3 Å². The van der Waals surface area contributed by atoms with Gasteiger partial charge in [0.15, 0.2) is 0 Å². The first-order chi connectivity index (χ1) is 10.5. The van der Waals surface area contributed by atoms with Crippen LogP contribution in [-0.2, 0) is 6.42 Å². The second-order valence-electron chi connectivity index (χ2n) is 5.02. The fourth-order valence-corrected chi connectivity index (χ4v) is 2.34.